The third-order valence-electron chi connectivity index (χ3n) is 5.98. The third-order valence-corrected chi connectivity index (χ3v) is 5.98. The molecule has 4 rings (SSSR count). The van der Waals surface area contributed by atoms with Gasteiger partial charge in [-0.1, -0.05) is 0 Å². The quantitative estimate of drug-likeness (QED) is 0.763. The van der Waals surface area contributed by atoms with Crippen molar-refractivity contribution in [3.8, 4) is 6.07 Å². The normalized spacial score (nSPS) is 17.9. The van der Waals surface area contributed by atoms with Crippen molar-refractivity contribution < 1.29 is 0 Å². The molecule has 4 heterocycles. The average molecular weight is 407 g/mol. The van der Waals surface area contributed by atoms with E-state index >= 15 is 0 Å². The highest BCUT2D eigenvalue weighted by molar-refractivity contribution is 5.59. The van der Waals surface area contributed by atoms with Gasteiger partial charge in [0, 0.05) is 64.1 Å². The predicted molar refractivity (Wildman–Crippen MR) is 119 cm³/mol. The van der Waals surface area contributed by atoms with E-state index in [1.807, 2.05) is 26.8 Å². The van der Waals surface area contributed by atoms with E-state index in [0.29, 0.717) is 5.56 Å². The summed E-state index contributed by atoms with van der Waals surface area (Å²) in [6.45, 7) is 13.4. The molecule has 0 bridgehead atoms. The molecular formula is C22H30N8. The Morgan fingerprint density at radius 1 is 0.767 bits per heavy atom. The molecule has 0 spiro atoms. The maximum atomic E-state index is 9.60. The van der Waals surface area contributed by atoms with Crippen molar-refractivity contribution >= 4 is 17.5 Å². The topological polar surface area (TPSA) is 75.4 Å². The van der Waals surface area contributed by atoms with Crippen LogP contribution < -0.4 is 14.7 Å². The molecule has 0 saturated carbocycles. The molecule has 0 N–H and O–H groups in total. The molecule has 0 atom stereocenters. The predicted octanol–water partition coefficient (Wildman–Crippen LogP) is 1.75. The van der Waals surface area contributed by atoms with Gasteiger partial charge in [0.15, 0.2) is 0 Å². The number of aromatic nitrogens is 3. The van der Waals surface area contributed by atoms with Crippen LogP contribution in [0.5, 0.6) is 0 Å². The van der Waals surface area contributed by atoms with E-state index in [2.05, 4.69) is 43.8 Å². The zero-order valence-corrected chi connectivity index (χ0v) is 18.4. The fourth-order valence-corrected chi connectivity index (χ4v) is 4.23. The molecule has 2 saturated heterocycles. The highest BCUT2D eigenvalue weighted by Gasteiger charge is 2.24. The van der Waals surface area contributed by atoms with E-state index in [1.165, 1.54) is 0 Å². The molecule has 0 aliphatic carbocycles. The monoisotopic (exact) mass is 406 g/mol. The van der Waals surface area contributed by atoms with Gasteiger partial charge in [0.1, 0.15) is 29.3 Å². The van der Waals surface area contributed by atoms with Gasteiger partial charge in [-0.3, -0.25) is 0 Å². The maximum absolute atomic E-state index is 9.60. The van der Waals surface area contributed by atoms with E-state index in [9.17, 15) is 5.26 Å². The second-order valence-electron chi connectivity index (χ2n) is 8.29. The summed E-state index contributed by atoms with van der Waals surface area (Å²) in [5.74, 6) is 3.64. The Hall–Kier alpha value is -2.92. The Balaban J connectivity index is 1.49. The summed E-state index contributed by atoms with van der Waals surface area (Å²) in [7, 11) is 2.16. The summed E-state index contributed by atoms with van der Waals surface area (Å²) < 4.78 is 0. The molecule has 8 nitrogen and oxygen atoms in total. The maximum Gasteiger partial charge on any atom is 0.147 e. The smallest absolute Gasteiger partial charge is 0.147 e. The number of nitriles is 1. The van der Waals surface area contributed by atoms with Gasteiger partial charge in [-0.15, -0.1) is 0 Å². The summed E-state index contributed by atoms with van der Waals surface area (Å²) >= 11 is 0. The first-order chi connectivity index (χ1) is 14.4. The largest absolute Gasteiger partial charge is 0.354 e. The molecular weight excluding hydrogens is 376 g/mol. The van der Waals surface area contributed by atoms with Crippen molar-refractivity contribution in [3.63, 3.8) is 0 Å². The van der Waals surface area contributed by atoms with Gasteiger partial charge in [-0.05, 0) is 39.4 Å². The van der Waals surface area contributed by atoms with Gasteiger partial charge in [0.2, 0.25) is 0 Å². The second kappa shape index (κ2) is 8.44. The van der Waals surface area contributed by atoms with Crippen molar-refractivity contribution in [2.45, 2.75) is 20.8 Å². The molecule has 0 amide bonds. The summed E-state index contributed by atoms with van der Waals surface area (Å²) in [6, 6.07) is 6.44. The van der Waals surface area contributed by atoms with Crippen LogP contribution in [0.1, 0.15) is 22.6 Å². The first kappa shape index (κ1) is 20.4. The lowest BCUT2D eigenvalue weighted by Crippen LogP contribution is -2.48. The SMILES string of the molecule is Cc1cc(C)c(C#N)c(N2CCN(c3cc(N4CCN(C)CC4)nc(C)n3)CC2)n1. The van der Waals surface area contributed by atoms with Gasteiger partial charge >= 0.3 is 0 Å². The molecule has 0 aromatic carbocycles. The fraction of sp³-hybridized carbons (Fsp3) is 0.545. The molecule has 2 aromatic heterocycles. The van der Waals surface area contributed by atoms with Crippen molar-refractivity contribution in [2.75, 3.05) is 74.1 Å². The van der Waals surface area contributed by atoms with Gasteiger partial charge in [0.25, 0.3) is 0 Å². The van der Waals surface area contributed by atoms with Crippen molar-refractivity contribution in [1.29, 1.82) is 5.26 Å². The van der Waals surface area contributed by atoms with Gasteiger partial charge < -0.3 is 19.6 Å². The lowest BCUT2D eigenvalue weighted by Gasteiger charge is -2.37. The van der Waals surface area contributed by atoms with Crippen molar-refractivity contribution in [3.05, 3.63) is 34.8 Å². The third kappa shape index (κ3) is 4.17. The number of hydrogen-bond donors (Lipinski definition) is 0. The minimum atomic E-state index is 0.685. The zero-order chi connectivity index (χ0) is 21.3. The Bertz CT molecular complexity index is 950. The minimum Gasteiger partial charge on any atom is -0.354 e. The van der Waals surface area contributed by atoms with Crippen LogP contribution in [0.15, 0.2) is 12.1 Å². The van der Waals surface area contributed by atoms with Crippen LogP contribution in [0.4, 0.5) is 17.5 Å². The van der Waals surface area contributed by atoms with Crippen LogP contribution in [0, 0.1) is 32.1 Å². The van der Waals surface area contributed by atoms with E-state index in [4.69, 9.17) is 9.97 Å². The molecule has 158 valence electrons. The Morgan fingerprint density at radius 2 is 1.30 bits per heavy atom. The highest BCUT2D eigenvalue weighted by atomic mass is 15.3. The van der Waals surface area contributed by atoms with Crippen LogP contribution in [0.25, 0.3) is 0 Å². The number of piperazine rings is 2. The van der Waals surface area contributed by atoms with Crippen LogP contribution in [-0.4, -0.2) is 79.3 Å². The number of anilines is 3. The molecule has 8 heteroatoms. The molecule has 2 aliphatic rings. The van der Waals surface area contributed by atoms with E-state index in [0.717, 1.165) is 86.9 Å². The first-order valence-corrected chi connectivity index (χ1v) is 10.6. The number of pyridine rings is 1. The Labute approximate surface area is 178 Å². The minimum absolute atomic E-state index is 0.685. The van der Waals surface area contributed by atoms with Gasteiger partial charge in [-0.25, -0.2) is 15.0 Å². The Kier molecular flexibility index (Phi) is 5.73. The van der Waals surface area contributed by atoms with Crippen LogP contribution in [0.2, 0.25) is 0 Å². The zero-order valence-electron chi connectivity index (χ0n) is 18.4. The van der Waals surface area contributed by atoms with E-state index in [1.54, 1.807) is 0 Å². The Morgan fingerprint density at radius 3 is 1.87 bits per heavy atom. The van der Waals surface area contributed by atoms with Crippen LogP contribution >= 0.6 is 0 Å². The summed E-state index contributed by atoms with van der Waals surface area (Å²) in [5, 5.41) is 9.60. The molecule has 2 aromatic rings. The van der Waals surface area contributed by atoms with E-state index < -0.39 is 0 Å². The number of rotatable bonds is 3. The van der Waals surface area contributed by atoms with Crippen LogP contribution in [0.3, 0.4) is 0 Å². The summed E-state index contributed by atoms with van der Waals surface area (Å²) in [6.07, 6.45) is 0. The molecule has 0 radical (unpaired) electrons. The lowest BCUT2D eigenvalue weighted by molar-refractivity contribution is 0.312. The standard InChI is InChI=1S/C22H30N8/c1-16-13-17(2)24-22(19(16)15-23)30-11-9-29(10-12-30)21-14-20(25-18(3)26-21)28-7-5-27(4)6-8-28/h13-14H,5-12H2,1-4H3. The first-order valence-electron chi connectivity index (χ1n) is 10.6. The van der Waals surface area contributed by atoms with Crippen molar-refractivity contribution in [2.24, 2.45) is 0 Å². The average Bonchev–Trinajstić information content (AvgIpc) is 2.73. The van der Waals surface area contributed by atoms with Crippen molar-refractivity contribution in [1.82, 2.24) is 19.9 Å². The highest BCUT2D eigenvalue weighted by Crippen LogP contribution is 2.25. The molecule has 2 aliphatic heterocycles. The number of nitrogens with zero attached hydrogens (tertiary/aromatic N) is 8. The second-order valence-corrected chi connectivity index (χ2v) is 8.29. The molecule has 0 unspecified atom stereocenters. The van der Waals surface area contributed by atoms with Gasteiger partial charge in [0.05, 0.1) is 5.56 Å². The number of aryl methyl sites for hydroxylation is 3. The lowest BCUT2D eigenvalue weighted by atomic mass is 10.1. The number of hydrogen-bond acceptors (Lipinski definition) is 8. The fourth-order valence-electron chi connectivity index (χ4n) is 4.23. The summed E-state index contributed by atoms with van der Waals surface area (Å²) in [5.41, 5.74) is 2.63. The molecule has 2 fully saturated rings. The number of likely N-dealkylation sites (N-methyl/N-ethyl adjacent to an activating group) is 1. The van der Waals surface area contributed by atoms with Gasteiger partial charge in [-0.2, -0.15) is 5.26 Å². The van der Waals surface area contributed by atoms with E-state index in [-0.39, 0.29) is 0 Å². The summed E-state index contributed by atoms with van der Waals surface area (Å²) in [4.78, 5) is 23.3. The molecule has 30 heavy (non-hydrogen) atoms. The van der Waals surface area contributed by atoms with Crippen LogP contribution in [-0.2, 0) is 0 Å².